The summed E-state index contributed by atoms with van der Waals surface area (Å²) in [5.74, 6) is -0.672. The Kier molecular flexibility index (Phi) is 6.07. The summed E-state index contributed by atoms with van der Waals surface area (Å²) >= 11 is 0. The summed E-state index contributed by atoms with van der Waals surface area (Å²) in [5, 5.41) is 2.43. The third-order valence-corrected chi connectivity index (χ3v) is 5.42. The van der Waals surface area contributed by atoms with Gasteiger partial charge in [0.2, 0.25) is 15.9 Å². The van der Waals surface area contributed by atoms with Crippen molar-refractivity contribution < 1.29 is 26.4 Å². The Morgan fingerprint density at radius 2 is 1.74 bits per heavy atom. The van der Waals surface area contributed by atoms with Gasteiger partial charge in [0, 0.05) is 20.2 Å². The molecule has 0 aliphatic carbocycles. The van der Waals surface area contributed by atoms with Crippen molar-refractivity contribution in [3.63, 3.8) is 0 Å². The molecule has 0 unspecified atom stereocenters. The zero-order valence-corrected chi connectivity index (χ0v) is 15.3. The van der Waals surface area contributed by atoms with Gasteiger partial charge in [-0.3, -0.25) is 4.79 Å². The number of nitrogens with one attached hydrogen (secondary N) is 1. The van der Waals surface area contributed by atoms with Crippen LogP contribution in [0.5, 0.6) is 0 Å². The van der Waals surface area contributed by atoms with E-state index in [1.165, 1.54) is 50.5 Å². The van der Waals surface area contributed by atoms with Crippen LogP contribution in [-0.4, -0.2) is 32.7 Å². The molecule has 2 aromatic rings. The van der Waals surface area contributed by atoms with Crippen LogP contribution in [0.1, 0.15) is 11.1 Å². The molecule has 5 nitrogen and oxygen atoms in total. The molecule has 27 heavy (non-hydrogen) atoms. The number of alkyl halides is 3. The molecule has 144 valence electrons. The van der Waals surface area contributed by atoms with Crippen molar-refractivity contribution in [3.05, 3.63) is 65.7 Å². The monoisotopic (exact) mass is 398 g/mol. The lowest BCUT2D eigenvalue weighted by atomic mass is 10.1. The highest BCUT2D eigenvalue weighted by Gasteiger charge is 2.30. The van der Waals surface area contributed by atoms with E-state index in [1.54, 1.807) is 6.07 Å². The van der Waals surface area contributed by atoms with E-state index in [9.17, 15) is 26.4 Å². The largest absolute Gasteiger partial charge is 0.416 e. The summed E-state index contributed by atoms with van der Waals surface area (Å²) in [4.78, 5) is 12.0. The van der Waals surface area contributed by atoms with Gasteiger partial charge in [-0.25, -0.2) is 12.7 Å². The number of rotatable bonds is 5. The molecular weight excluding hydrogens is 381 g/mol. The smallest absolute Gasteiger partial charge is 0.321 e. The highest BCUT2D eigenvalue weighted by molar-refractivity contribution is 7.89. The first-order valence-corrected chi connectivity index (χ1v) is 9.13. The molecule has 9 heteroatoms. The molecule has 0 atom stereocenters. The molecule has 2 aromatic carbocycles. The third-order valence-electron chi connectivity index (χ3n) is 3.54. The highest BCUT2D eigenvalue weighted by Crippen LogP contribution is 2.29. The summed E-state index contributed by atoms with van der Waals surface area (Å²) < 4.78 is 63.7. The van der Waals surface area contributed by atoms with Crippen molar-refractivity contribution in [1.82, 2.24) is 4.31 Å². The minimum Gasteiger partial charge on any atom is -0.321 e. The predicted octanol–water partition coefficient (Wildman–Crippen LogP) is 3.61. The van der Waals surface area contributed by atoms with Crippen LogP contribution in [0.4, 0.5) is 18.9 Å². The van der Waals surface area contributed by atoms with Crippen LogP contribution in [0.3, 0.4) is 0 Å². The van der Waals surface area contributed by atoms with E-state index in [2.05, 4.69) is 5.32 Å². The SMILES string of the molecule is CN(C)S(=O)(=O)c1ccccc1NC(=O)/C=C/c1cccc(C(F)(F)F)c1. The summed E-state index contributed by atoms with van der Waals surface area (Å²) in [6, 6.07) is 10.3. The van der Waals surface area contributed by atoms with E-state index in [1.807, 2.05) is 0 Å². The van der Waals surface area contributed by atoms with Crippen LogP contribution in [0.15, 0.2) is 59.5 Å². The van der Waals surface area contributed by atoms with E-state index in [4.69, 9.17) is 0 Å². The highest BCUT2D eigenvalue weighted by atomic mass is 32.2. The molecule has 1 amide bonds. The quantitative estimate of drug-likeness (QED) is 0.783. The normalized spacial score (nSPS) is 12.5. The number of hydrogen-bond donors (Lipinski definition) is 1. The molecule has 2 rings (SSSR count). The van der Waals surface area contributed by atoms with Gasteiger partial charge in [0.05, 0.1) is 11.3 Å². The molecule has 1 N–H and O–H groups in total. The van der Waals surface area contributed by atoms with Gasteiger partial charge in [-0.15, -0.1) is 0 Å². The molecule has 0 saturated heterocycles. The lowest BCUT2D eigenvalue weighted by Gasteiger charge is -2.15. The van der Waals surface area contributed by atoms with Crippen LogP contribution in [0.25, 0.3) is 6.08 Å². The van der Waals surface area contributed by atoms with Gasteiger partial charge in [0.25, 0.3) is 0 Å². The number of carbonyl (C=O) groups is 1. The Morgan fingerprint density at radius 3 is 2.37 bits per heavy atom. The summed E-state index contributed by atoms with van der Waals surface area (Å²) in [5.41, 5.74) is -0.563. The fourth-order valence-corrected chi connectivity index (χ4v) is 3.20. The first-order chi connectivity index (χ1) is 12.5. The maximum absolute atomic E-state index is 12.7. The Bertz CT molecular complexity index is 968. The number of amides is 1. The van der Waals surface area contributed by atoms with Crippen LogP contribution < -0.4 is 5.32 Å². The molecule has 0 fully saturated rings. The first kappa shape index (κ1) is 20.7. The van der Waals surface area contributed by atoms with E-state index in [0.29, 0.717) is 0 Å². The summed E-state index contributed by atoms with van der Waals surface area (Å²) in [7, 11) is -1.05. The van der Waals surface area contributed by atoms with Gasteiger partial charge >= 0.3 is 6.18 Å². The van der Waals surface area contributed by atoms with E-state index >= 15 is 0 Å². The number of sulfonamides is 1. The Morgan fingerprint density at radius 1 is 1.07 bits per heavy atom. The number of carbonyl (C=O) groups excluding carboxylic acids is 1. The van der Waals surface area contributed by atoms with Gasteiger partial charge in [0.15, 0.2) is 0 Å². The second-order valence-corrected chi connectivity index (χ2v) is 7.85. The molecule has 0 saturated carbocycles. The van der Waals surface area contributed by atoms with Crippen LogP contribution in [0.2, 0.25) is 0 Å². The number of benzene rings is 2. The van der Waals surface area contributed by atoms with Crippen molar-refractivity contribution >= 4 is 27.7 Å². The van der Waals surface area contributed by atoms with Gasteiger partial charge in [-0.1, -0.05) is 24.3 Å². The zero-order valence-electron chi connectivity index (χ0n) is 14.5. The molecular formula is C18H17F3N2O3S. The summed E-state index contributed by atoms with van der Waals surface area (Å²) in [6.45, 7) is 0. The van der Waals surface area contributed by atoms with Crippen molar-refractivity contribution in [2.75, 3.05) is 19.4 Å². The van der Waals surface area contributed by atoms with E-state index in [-0.39, 0.29) is 16.1 Å². The first-order valence-electron chi connectivity index (χ1n) is 7.69. The van der Waals surface area contributed by atoms with Gasteiger partial charge in [-0.05, 0) is 35.9 Å². The minimum atomic E-state index is -4.48. The summed E-state index contributed by atoms with van der Waals surface area (Å²) in [6.07, 6.45) is -2.23. The van der Waals surface area contributed by atoms with Crippen molar-refractivity contribution in [2.24, 2.45) is 0 Å². The van der Waals surface area contributed by atoms with Gasteiger partial charge in [-0.2, -0.15) is 13.2 Å². The van der Waals surface area contributed by atoms with Gasteiger partial charge in [0.1, 0.15) is 4.90 Å². The molecule has 0 aromatic heterocycles. The number of hydrogen-bond acceptors (Lipinski definition) is 3. The molecule has 0 bridgehead atoms. The predicted molar refractivity (Wildman–Crippen MR) is 96.4 cm³/mol. The van der Waals surface area contributed by atoms with Crippen molar-refractivity contribution in [3.8, 4) is 0 Å². The lowest BCUT2D eigenvalue weighted by molar-refractivity contribution is -0.137. The zero-order chi connectivity index (χ0) is 20.2. The molecule has 0 radical (unpaired) electrons. The molecule has 0 aliphatic heterocycles. The van der Waals surface area contributed by atoms with E-state index in [0.717, 1.165) is 22.5 Å². The minimum absolute atomic E-state index is 0.0740. The number of para-hydroxylation sites is 1. The van der Waals surface area contributed by atoms with E-state index < -0.39 is 27.7 Å². The van der Waals surface area contributed by atoms with Crippen molar-refractivity contribution in [2.45, 2.75) is 11.1 Å². The maximum atomic E-state index is 12.7. The number of halogens is 3. The lowest BCUT2D eigenvalue weighted by Crippen LogP contribution is -2.24. The fourth-order valence-electron chi connectivity index (χ4n) is 2.16. The third kappa shape index (κ3) is 5.18. The Balaban J connectivity index is 2.22. The fraction of sp³-hybridized carbons (Fsp3) is 0.167. The number of anilines is 1. The molecule has 0 aliphatic rings. The van der Waals surface area contributed by atoms with Gasteiger partial charge < -0.3 is 5.32 Å². The second-order valence-electron chi connectivity index (χ2n) is 5.73. The average molecular weight is 398 g/mol. The Hall–Kier alpha value is -2.65. The maximum Gasteiger partial charge on any atom is 0.416 e. The Labute approximate surface area is 155 Å². The topological polar surface area (TPSA) is 66.5 Å². The second kappa shape index (κ2) is 7.93. The van der Waals surface area contributed by atoms with Crippen LogP contribution >= 0.6 is 0 Å². The molecule has 0 spiro atoms. The van der Waals surface area contributed by atoms with Crippen LogP contribution in [0, 0.1) is 0 Å². The standard InChI is InChI=1S/C18H17F3N2O3S/c1-23(2)27(25,26)16-9-4-3-8-15(16)22-17(24)11-10-13-6-5-7-14(12-13)18(19,20)21/h3-12H,1-2H3,(H,22,24)/b11-10+. The van der Waals surface area contributed by atoms with Crippen LogP contribution in [-0.2, 0) is 21.0 Å². The van der Waals surface area contributed by atoms with Crippen molar-refractivity contribution in [1.29, 1.82) is 0 Å². The number of nitrogens with zero attached hydrogens (tertiary/aromatic N) is 1. The molecule has 0 heterocycles. The average Bonchev–Trinajstić information content (AvgIpc) is 2.59.